The van der Waals surface area contributed by atoms with E-state index >= 15 is 0 Å². The van der Waals surface area contributed by atoms with Crippen LogP contribution < -0.4 is 5.32 Å². The van der Waals surface area contributed by atoms with Crippen LogP contribution in [0.2, 0.25) is 0 Å². The van der Waals surface area contributed by atoms with Gasteiger partial charge in [-0.3, -0.25) is 9.78 Å². The molecule has 1 aliphatic rings. The van der Waals surface area contributed by atoms with Gasteiger partial charge in [0, 0.05) is 19.6 Å². The zero-order valence-corrected chi connectivity index (χ0v) is 14.0. The first kappa shape index (κ1) is 16.1. The van der Waals surface area contributed by atoms with Gasteiger partial charge in [0.15, 0.2) is 0 Å². The summed E-state index contributed by atoms with van der Waals surface area (Å²) in [5, 5.41) is 15.2. The second-order valence-corrected chi connectivity index (χ2v) is 6.80. The molecule has 3 heterocycles. The van der Waals surface area contributed by atoms with Crippen LogP contribution in [-0.2, 0) is 4.74 Å². The van der Waals surface area contributed by atoms with Crippen LogP contribution in [0.1, 0.15) is 29.4 Å². The van der Waals surface area contributed by atoms with E-state index in [4.69, 9.17) is 4.74 Å². The van der Waals surface area contributed by atoms with Gasteiger partial charge in [-0.2, -0.15) is 0 Å². The summed E-state index contributed by atoms with van der Waals surface area (Å²) in [5.41, 5.74) is 1.08. The SMILES string of the molecule is Cc1nc(-c2cccs2)ccc1C(=O)NC[C@]1(O)CCO[C@@H]1C. The molecule has 2 N–H and O–H groups in total. The van der Waals surface area contributed by atoms with Gasteiger partial charge in [-0.05, 0) is 37.4 Å². The van der Waals surface area contributed by atoms with Crippen LogP contribution in [0.4, 0.5) is 0 Å². The number of nitrogens with zero attached hydrogens (tertiary/aromatic N) is 1. The van der Waals surface area contributed by atoms with E-state index in [0.29, 0.717) is 24.3 Å². The number of pyridine rings is 1. The van der Waals surface area contributed by atoms with Gasteiger partial charge in [-0.25, -0.2) is 0 Å². The van der Waals surface area contributed by atoms with Crippen molar-refractivity contribution in [3.63, 3.8) is 0 Å². The lowest BCUT2D eigenvalue weighted by Gasteiger charge is -2.26. The van der Waals surface area contributed by atoms with E-state index in [9.17, 15) is 9.90 Å². The summed E-state index contributed by atoms with van der Waals surface area (Å²) in [6.45, 7) is 4.34. The minimum absolute atomic E-state index is 0.180. The average molecular weight is 332 g/mol. The second-order valence-electron chi connectivity index (χ2n) is 5.86. The highest BCUT2D eigenvalue weighted by Crippen LogP contribution is 2.26. The van der Waals surface area contributed by atoms with Gasteiger partial charge in [0.1, 0.15) is 5.60 Å². The third-order valence-corrected chi connectivity index (χ3v) is 5.21. The molecule has 2 aromatic rings. The molecule has 23 heavy (non-hydrogen) atoms. The number of hydrogen-bond donors (Lipinski definition) is 2. The van der Waals surface area contributed by atoms with E-state index in [2.05, 4.69) is 10.3 Å². The molecule has 0 aromatic carbocycles. The first-order valence-electron chi connectivity index (χ1n) is 7.63. The number of aryl methyl sites for hydroxylation is 1. The van der Waals surface area contributed by atoms with E-state index < -0.39 is 5.60 Å². The summed E-state index contributed by atoms with van der Waals surface area (Å²) in [7, 11) is 0. The van der Waals surface area contributed by atoms with Crippen molar-refractivity contribution in [1.82, 2.24) is 10.3 Å². The molecule has 1 aliphatic heterocycles. The van der Waals surface area contributed by atoms with Crippen LogP contribution >= 0.6 is 11.3 Å². The van der Waals surface area contributed by atoms with Crippen molar-refractivity contribution in [2.75, 3.05) is 13.2 Å². The molecule has 1 fully saturated rings. The maximum atomic E-state index is 12.4. The fourth-order valence-corrected chi connectivity index (χ4v) is 3.39. The number of carbonyl (C=O) groups excluding carboxylic acids is 1. The lowest BCUT2D eigenvalue weighted by molar-refractivity contribution is -0.0251. The van der Waals surface area contributed by atoms with Crippen molar-refractivity contribution in [2.45, 2.75) is 32.0 Å². The Kier molecular flexibility index (Phi) is 4.48. The van der Waals surface area contributed by atoms with E-state index in [0.717, 1.165) is 10.6 Å². The normalized spacial score (nSPS) is 23.9. The number of aliphatic hydroxyl groups is 1. The number of nitrogens with one attached hydrogen (secondary N) is 1. The molecule has 5 nitrogen and oxygen atoms in total. The summed E-state index contributed by atoms with van der Waals surface area (Å²) in [6.07, 6.45) is 0.256. The molecular formula is C17H20N2O3S. The van der Waals surface area contributed by atoms with Crippen LogP contribution in [0.15, 0.2) is 29.6 Å². The van der Waals surface area contributed by atoms with Crippen molar-refractivity contribution in [2.24, 2.45) is 0 Å². The maximum absolute atomic E-state index is 12.4. The molecule has 2 aromatic heterocycles. The fourth-order valence-electron chi connectivity index (χ4n) is 2.69. The Morgan fingerprint density at radius 3 is 2.96 bits per heavy atom. The van der Waals surface area contributed by atoms with Crippen molar-refractivity contribution < 1.29 is 14.6 Å². The molecule has 0 aliphatic carbocycles. The molecule has 0 unspecified atom stereocenters. The van der Waals surface area contributed by atoms with Gasteiger partial charge in [0.2, 0.25) is 0 Å². The quantitative estimate of drug-likeness (QED) is 0.902. The van der Waals surface area contributed by atoms with Gasteiger partial charge >= 0.3 is 0 Å². The number of rotatable bonds is 4. The van der Waals surface area contributed by atoms with E-state index in [-0.39, 0.29) is 18.6 Å². The van der Waals surface area contributed by atoms with Crippen molar-refractivity contribution in [1.29, 1.82) is 0 Å². The van der Waals surface area contributed by atoms with E-state index in [1.807, 2.05) is 37.4 Å². The second kappa shape index (κ2) is 6.39. The molecule has 122 valence electrons. The lowest BCUT2D eigenvalue weighted by atomic mass is 9.96. The Morgan fingerprint density at radius 2 is 2.35 bits per heavy atom. The maximum Gasteiger partial charge on any atom is 0.253 e. The highest BCUT2D eigenvalue weighted by molar-refractivity contribution is 7.13. The summed E-state index contributed by atoms with van der Waals surface area (Å²) in [4.78, 5) is 18.0. The van der Waals surface area contributed by atoms with Gasteiger partial charge in [-0.1, -0.05) is 6.07 Å². The van der Waals surface area contributed by atoms with Gasteiger partial charge < -0.3 is 15.2 Å². The minimum Gasteiger partial charge on any atom is -0.385 e. The predicted octanol–water partition coefficient (Wildman–Crippen LogP) is 2.39. The summed E-state index contributed by atoms with van der Waals surface area (Å²) in [6, 6.07) is 7.61. The van der Waals surface area contributed by atoms with Gasteiger partial charge in [-0.15, -0.1) is 11.3 Å². The number of thiophene rings is 1. The number of hydrogen-bond acceptors (Lipinski definition) is 5. The largest absolute Gasteiger partial charge is 0.385 e. The summed E-state index contributed by atoms with van der Waals surface area (Å²) >= 11 is 1.62. The zero-order valence-electron chi connectivity index (χ0n) is 13.2. The number of ether oxygens (including phenoxy) is 1. The average Bonchev–Trinajstić information content (AvgIpc) is 3.16. The van der Waals surface area contributed by atoms with Crippen molar-refractivity contribution in [3.05, 3.63) is 40.9 Å². The molecule has 2 atom stereocenters. The minimum atomic E-state index is -0.992. The lowest BCUT2D eigenvalue weighted by Crippen LogP contribution is -2.47. The van der Waals surface area contributed by atoms with Crippen LogP contribution in [0.5, 0.6) is 0 Å². The molecule has 0 bridgehead atoms. The van der Waals surface area contributed by atoms with Crippen molar-refractivity contribution >= 4 is 17.2 Å². The Labute approximate surface area is 139 Å². The van der Waals surface area contributed by atoms with Gasteiger partial charge in [0.05, 0.1) is 27.9 Å². The highest BCUT2D eigenvalue weighted by atomic mass is 32.1. The molecule has 3 rings (SSSR count). The smallest absolute Gasteiger partial charge is 0.253 e. The van der Waals surface area contributed by atoms with Crippen LogP contribution in [0.3, 0.4) is 0 Å². The van der Waals surface area contributed by atoms with E-state index in [1.54, 1.807) is 17.4 Å². The van der Waals surface area contributed by atoms with Crippen LogP contribution in [-0.4, -0.2) is 40.9 Å². The topological polar surface area (TPSA) is 71.5 Å². The van der Waals surface area contributed by atoms with E-state index in [1.165, 1.54) is 0 Å². The fraction of sp³-hybridized carbons (Fsp3) is 0.412. The van der Waals surface area contributed by atoms with Crippen LogP contribution in [0.25, 0.3) is 10.6 Å². The van der Waals surface area contributed by atoms with Gasteiger partial charge in [0.25, 0.3) is 5.91 Å². The molecule has 0 radical (unpaired) electrons. The zero-order chi connectivity index (χ0) is 16.4. The molecule has 1 saturated heterocycles. The Balaban J connectivity index is 1.70. The third-order valence-electron chi connectivity index (χ3n) is 4.32. The molecule has 1 amide bonds. The summed E-state index contributed by atoms with van der Waals surface area (Å²) < 4.78 is 5.37. The Hall–Kier alpha value is -1.76. The summed E-state index contributed by atoms with van der Waals surface area (Å²) in [5.74, 6) is -0.222. The first-order valence-corrected chi connectivity index (χ1v) is 8.51. The molecule has 6 heteroatoms. The monoisotopic (exact) mass is 332 g/mol. The van der Waals surface area contributed by atoms with Crippen LogP contribution in [0, 0.1) is 6.92 Å². The number of aromatic nitrogens is 1. The standard InChI is InChI=1S/C17H20N2O3S/c1-11-13(5-6-14(19-11)15-4-3-9-23-15)16(20)18-10-17(21)7-8-22-12(17)2/h3-6,9,12,21H,7-8,10H2,1-2H3,(H,18,20)/t12-,17-/m1/s1. The molecular weight excluding hydrogens is 312 g/mol. The third kappa shape index (κ3) is 3.29. The van der Waals surface area contributed by atoms with Crippen molar-refractivity contribution in [3.8, 4) is 10.6 Å². The molecule has 0 saturated carbocycles. The number of carbonyl (C=O) groups is 1. The molecule has 0 spiro atoms. The first-order chi connectivity index (χ1) is 11.0. The predicted molar refractivity (Wildman–Crippen MR) is 89.6 cm³/mol. The number of amides is 1. The Bertz CT molecular complexity index is 702. The highest BCUT2D eigenvalue weighted by Gasteiger charge is 2.39. The Morgan fingerprint density at radius 1 is 1.52 bits per heavy atom.